The molecule has 212 valence electrons. The molecule has 41 heavy (non-hydrogen) atoms. The van der Waals surface area contributed by atoms with Crippen molar-refractivity contribution >= 4 is 45.8 Å². The highest BCUT2D eigenvalue weighted by Gasteiger charge is 2.39. The zero-order valence-electron chi connectivity index (χ0n) is 22.8. The van der Waals surface area contributed by atoms with Crippen LogP contribution in [0.3, 0.4) is 0 Å². The van der Waals surface area contributed by atoms with Crippen molar-refractivity contribution in [2.45, 2.75) is 45.2 Å². The lowest BCUT2D eigenvalue weighted by Crippen LogP contribution is -2.52. The number of nitrogens with zero attached hydrogens (tertiary/aromatic N) is 3. The zero-order valence-corrected chi connectivity index (χ0v) is 22.8. The summed E-state index contributed by atoms with van der Waals surface area (Å²) in [6, 6.07) is 14.0. The van der Waals surface area contributed by atoms with Crippen molar-refractivity contribution in [2.75, 3.05) is 19.7 Å². The molecule has 3 aromatic carbocycles. The average Bonchev–Trinajstić information content (AvgIpc) is 3.30. The molecule has 1 atom stereocenters. The molecule has 2 heterocycles. The number of azo groups is 1. The topological polar surface area (TPSA) is 156 Å². The maximum Gasteiger partial charge on any atom is 0.257 e. The van der Waals surface area contributed by atoms with E-state index < -0.39 is 11.9 Å². The van der Waals surface area contributed by atoms with E-state index in [9.17, 15) is 19.2 Å². The van der Waals surface area contributed by atoms with Crippen LogP contribution in [0.25, 0.3) is 10.8 Å². The summed E-state index contributed by atoms with van der Waals surface area (Å²) in [4.78, 5) is 50.9. The standard InChI is InChI=1S/C30H32N6O5/c1-18-15-24(19-7-2-3-8-20(19)28(18)41-17-27(38)32-14-5-4-13-31)35-34-23-10-6-9-21-22(23)16-36(30(21)40)25-11-12-26(37)33-29(25)39/h2-3,6-10,15,25H,4-5,11-14,16-17,31H2,1H3,(H,32,38)(H,33,37,39). The molecule has 1 unspecified atom stereocenters. The predicted molar refractivity (Wildman–Crippen MR) is 152 cm³/mol. The van der Waals surface area contributed by atoms with E-state index in [2.05, 4.69) is 20.9 Å². The number of rotatable bonds is 10. The smallest absolute Gasteiger partial charge is 0.257 e. The summed E-state index contributed by atoms with van der Waals surface area (Å²) in [5.41, 5.74) is 8.59. The molecular formula is C30H32N6O5. The van der Waals surface area contributed by atoms with Crippen LogP contribution in [0.4, 0.5) is 11.4 Å². The van der Waals surface area contributed by atoms with E-state index in [0.29, 0.717) is 41.3 Å². The maximum absolute atomic E-state index is 13.1. The van der Waals surface area contributed by atoms with Crippen molar-refractivity contribution in [1.29, 1.82) is 0 Å². The van der Waals surface area contributed by atoms with Crippen LogP contribution in [-0.2, 0) is 20.9 Å². The van der Waals surface area contributed by atoms with Gasteiger partial charge in [0.25, 0.3) is 11.8 Å². The molecule has 11 heteroatoms. The number of nitrogens with two attached hydrogens (primary N) is 1. The minimum Gasteiger partial charge on any atom is -0.483 e. The number of imide groups is 1. The molecule has 0 aliphatic carbocycles. The number of piperidine rings is 1. The van der Waals surface area contributed by atoms with Crippen molar-refractivity contribution < 1.29 is 23.9 Å². The second kappa shape index (κ2) is 12.3. The molecule has 5 rings (SSSR count). The zero-order chi connectivity index (χ0) is 28.9. The molecule has 1 saturated heterocycles. The normalized spacial score (nSPS) is 16.8. The molecule has 4 N–H and O–H groups in total. The lowest BCUT2D eigenvalue weighted by molar-refractivity contribution is -0.137. The lowest BCUT2D eigenvalue weighted by Gasteiger charge is -2.29. The highest BCUT2D eigenvalue weighted by molar-refractivity contribution is 6.06. The SMILES string of the molecule is Cc1cc(N=Nc2cccc3c2CN(C2CCC(=O)NC2=O)C3=O)c2ccccc2c1OCC(=O)NCCCCN. The second-order valence-corrected chi connectivity index (χ2v) is 10.1. The van der Waals surface area contributed by atoms with E-state index in [0.717, 1.165) is 29.2 Å². The fourth-order valence-electron chi connectivity index (χ4n) is 5.20. The van der Waals surface area contributed by atoms with Gasteiger partial charge >= 0.3 is 0 Å². The number of carbonyl (C=O) groups excluding carboxylic acids is 4. The van der Waals surface area contributed by atoms with Crippen LogP contribution < -0.4 is 21.1 Å². The van der Waals surface area contributed by atoms with Crippen molar-refractivity contribution in [3.8, 4) is 5.75 Å². The molecule has 0 radical (unpaired) electrons. The first-order valence-electron chi connectivity index (χ1n) is 13.7. The van der Waals surface area contributed by atoms with Gasteiger partial charge in [-0.2, -0.15) is 5.11 Å². The van der Waals surface area contributed by atoms with Gasteiger partial charge in [0.2, 0.25) is 11.8 Å². The Kier molecular flexibility index (Phi) is 8.34. The summed E-state index contributed by atoms with van der Waals surface area (Å²) >= 11 is 0. The molecule has 3 aromatic rings. The average molecular weight is 557 g/mol. The Morgan fingerprint density at radius 3 is 2.63 bits per heavy atom. The minimum atomic E-state index is -0.704. The molecule has 2 aliphatic rings. The molecule has 0 saturated carbocycles. The third-order valence-electron chi connectivity index (χ3n) is 7.28. The number of amides is 4. The Hall–Kier alpha value is -4.64. The van der Waals surface area contributed by atoms with E-state index in [1.165, 1.54) is 4.90 Å². The number of hydrogen-bond acceptors (Lipinski definition) is 8. The van der Waals surface area contributed by atoms with Crippen LogP contribution in [0.5, 0.6) is 5.75 Å². The van der Waals surface area contributed by atoms with Crippen LogP contribution in [0.2, 0.25) is 0 Å². The van der Waals surface area contributed by atoms with Gasteiger partial charge in [-0.3, -0.25) is 24.5 Å². The van der Waals surface area contributed by atoms with E-state index in [4.69, 9.17) is 10.5 Å². The third-order valence-corrected chi connectivity index (χ3v) is 7.28. The summed E-state index contributed by atoms with van der Waals surface area (Å²) in [5.74, 6) is -0.655. The van der Waals surface area contributed by atoms with Crippen LogP contribution >= 0.6 is 0 Å². The van der Waals surface area contributed by atoms with Gasteiger partial charge in [0, 0.05) is 41.4 Å². The Morgan fingerprint density at radius 2 is 1.85 bits per heavy atom. The van der Waals surface area contributed by atoms with Gasteiger partial charge in [-0.1, -0.05) is 30.3 Å². The molecule has 0 bridgehead atoms. The minimum absolute atomic E-state index is 0.109. The van der Waals surface area contributed by atoms with Gasteiger partial charge in [-0.15, -0.1) is 5.11 Å². The molecule has 0 spiro atoms. The Labute approximate surface area is 237 Å². The van der Waals surface area contributed by atoms with E-state index >= 15 is 0 Å². The number of carbonyl (C=O) groups is 4. The quantitative estimate of drug-likeness (QED) is 0.197. The van der Waals surface area contributed by atoms with Gasteiger partial charge in [0.05, 0.1) is 11.4 Å². The van der Waals surface area contributed by atoms with Gasteiger partial charge in [0.15, 0.2) is 6.61 Å². The number of ether oxygens (including phenoxy) is 1. The van der Waals surface area contributed by atoms with Gasteiger partial charge < -0.3 is 20.7 Å². The van der Waals surface area contributed by atoms with Crippen LogP contribution in [0, 0.1) is 6.92 Å². The Balaban J connectivity index is 1.36. The first-order valence-corrected chi connectivity index (χ1v) is 13.7. The number of hydrogen-bond donors (Lipinski definition) is 3. The maximum atomic E-state index is 13.1. The number of aryl methyl sites for hydroxylation is 1. The molecule has 11 nitrogen and oxygen atoms in total. The molecule has 1 fully saturated rings. The molecule has 4 amide bonds. The predicted octanol–water partition coefficient (Wildman–Crippen LogP) is 3.56. The first-order chi connectivity index (χ1) is 19.9. The van der Waals surface area contributed by atoms with Crippen molar-refractivity contribution in [3.63, 3.8) is 0 Å². The highest BCUT2D eigenvalue weighted by Crippen LogP contribution is 2.39. The van der Waals surface area contributed by atoms with Crippen molar-refractivity contribution in [3.05, 3.63) is 65.2 Å². The molecule has 2 aliphatic heterocycles. The summed E-state index contributed by atoms with van der Waals surface area (Å²) in [5, 5.41) is 15.8. The van der Waals surface area contributed by atoms with Gasteiger partial charge in [-0.25, -0.2) is 0 Å². The highest BCUT2D eigenvalue weighted by atomic mass is 16.5. The lowest BCUT2D eigenvalue weighted by atomic mass is 10.0. The largest absolute Gasteiger partial charge is 0.483 e. The monoisotopic (exact) mass is 556 g/mol. The summed E-state index contributed by atoms with van der Waals surface area (Å²) in [7, 11) is 0. The van der Waals surface area contributed by atoms with E-state index in [1.807, 2.05) is 37.3 Å². The number of nitrogens with one attached hydrogen (secondary N) is 2. The number of fused-ring (bicyclic) bond motifs is 2. The third kappa shape index (κ3) is 5.94. The van der Waals surface area contributed by atoms with Crippen LogP contribution in [-0.4, -0.2) is 54.3 Å². The van der Waals surface area contributed by atoms with Crippen LogP contribution in [0.1, 0.15) is 47.2 Å². The first kappa shape index (κ1) is 27.9. The Bertz CT molecular complexity index is 1550. The van der Waals surface area contributed by atoms with E-state index in [-0.39, 0.29) is 43.7 Å². The number of unbranched alkanes of at least 4 members (excludes halogenated alkanes) is 1. The summed E-state index contributed by atoms with van der Waals surface area (Å²) in [6.07, 6.45) is 2.14. The summed E-state index contributed by atoms with van der Waals surface area (Å²) in [6.45, 7) is 3.13. The Morgan fingerprint density at radius 1 is 1.07 bits per heavy atom. The number of benzene rings is 3. The van der Waals surface area contributed by atoms with Crippen molar-refractivity contribution in [2.24, 2.45) is 16.0 Å². The fourth-order valence-corrected chi connectivity index (χ4v) is 5.20. The second-order valence-electron chi connectivity index (χ2n) is 10.1. The van der Waals surface area contributed by atoms with E-state index in [1.54, 1.807) is 18.2 Å². The molecular weight excluding hydrogens is 524 g/mol. The van der Waals surface area contributed by atoms with Crippen LogP contribution in [0.15, 0.2) is 58.8 Å². The fraction of sp³-hybridized carbons (Fsp3) is 0.333. The van der Waals surface area contributed by atoms with Gasteiger partial charge in [-0.05, 0) is 56.5 Å². The van der Waals surface area contributed by atoms with Crippen molar-refractivity contribution in [1.82, 2.24) is 15.5 Å². The van der Waals surface area contributed by atoms with Gasteiger partial charge in [0.1, 0.15) is 11.8 Å². The summed E-state index contributed by atoms with van der Waals surface area (Å²) < 4.78 is 5.94. The molecule has 0 aromatic heterocycles.